The highest BCUT2D eigenvalue weighted by Gasteiger charge is 2.36. The molecule has 1 aliphatic carbocycles. The lowest BCUT2D eigenvalue weighted by molar-refractivity contribution is 0.0960. The predicted octanol–water partition coefficient (Wildman–Crippen LogP) is 4.13. The van der Waals surface area contributed by atoms with Gasteiger partial charge in [0.2, 0.25) is 11.6 Å². The Hall–Kier alpha value is -3.08. The second-order valence-electron chi connectivity index (χ2n) is 6.16. The van der Waals surface area contributed by atoms with Crippen molar-refractivity contribution in [1.82, 2.24) is 0 Å². The van der Waals surface area contributed by atoms with Crippen molar-refractivity contribution in [3.8, 4) is 5.75 Å². The third-order valence-electron chi connectivity index (χ3n) is 4.50. The first-order valence-electron chi connectivity index (χ1n) is 8.33. The molecule has 25 heavy (non-hydrogen) atoms. The summed E-state index contributed by atoms with van der Waals surface area (Å²) in [6.45, 7) is 2.97. The van der Waals surface area contributed by atoms with Crippen molar-refractivity contribution in [2.45, 2.75) is 19.8 Å². The zero-order valence-electron chi connectivity index (χ0n) is 13.8. The maximum absolute atomic E-state index is 12.9. The number of phenolic OH excluding ortho intramolecular Hbond substituents is 1. The molecule has 0 saturated heterocycles. The van der Waals surface area contributed by atoms with Gasteiger partial charge in [-0.15, -0.1) is 0 Å². The number of ketones is 2. The summed E-state index contributed by atoms with van der Waals surface area (Å²) in [6.07, 6.45) is 2.15. The average molecular weight is 335 g/mol. The van der Waals surface area contributed by atoms with Crippen LogP contribution in [0.2, 0.25) is 0 Å². The molecule has 0 spiro atoms. The number of hydrogen-bond donors (Lipinski definition) is 2. The highest BCUT2D eigenvalue weighted by molar-refractivity contribution is 6.32. The minimum atomic E-state index is -0.381. The van der Waals surface area contributed by atoms with Gasteiger partial charge in [0, 0.05) is 29.2 Å². The maximum atomic E-state index is 12.9. The van der Waals surface area contributed by atoms with E-state index in [2.05, 4.69) is 12.2 Å². The number of unbranched alkanes of at least 4 members (excludes halogenated alkanes) is 1. The number of carbonyl (C=O) groups is 2. The summed E-state index contributed by atoms with van der Waals surface area (Å²) < 4.78 is 5.72. The van der Waals surface area contributed by atoms with Crippen molar-refractivity contribution in [2.75, 3.05) is 11.9 Å². The lowest BCUT2D eigenvalue weighted by atomic mass is 9.86. The maximum Gasteiger partial charge on any atom is 0.229 e. The molecule has 0 fully saturated rings. The Morgan fingerprint density at radius 1 is 1.08 bits per heavy atom. The van der Waals surface area contributed by atoms with Crippen molar-refractivity contribution >= 4 is 28.2 Å². The molecule has 0 amide bonds. The molecule has 3 aromatic rings. The van der Waals surface area contributed by atoms with E-state index < -0.39 is 0 Å². The second-order valence-corrected chi connectivity index (χ2v) is 6.16. The topological polar surface area (TPSA) is 79.5 Å². The first-order valence-corrected chi connectivity index (χ1v) is 8.33. The molecule has 0 saturated carbocycles. The van der Waals surface area contributed by atoms with E-state index in [1.165, 1.54) is 12.1 Å². The minimum absolute atomic E-state index is 0.0452. The number of nitrogens with one attached hydrogen (secondary N) is 1. The molecule has 0 radical (unpaired) electrons. The molecule has 1 aliphatic rings. The molecule has 126 valence electrons. The van der Waals surface area contributed by atoms with Crippen LogP contribution in [-0.2, 0) is 0 Å². The van der Waals surface area contributed by atoms with E-state index in [9.17, 15) is 14.7 Å². The summed E-state index contributed by atoms with van der Waals surface area (Å²) in [7, 11) is 0. The van der Waals surface area contributed by atoms with Crippen molar-refractivity contribution in [3.63, 3.8) is 0 Å². The van der Waals surface area contributed by atoms with E-state index in [0.717, 1.165) is 25.1 Å². The van der Waals surface area contributed by atoms with Gasteiger partial charge in [0.05, 0.1) is 11.1 Å². The van der Waals surface area contributed by atoms with Crippen LogP contribution in [0.5, 0.6) is 5.75 Å². The largest absolute Gasteiger partial charge is 0.507 e. The van der Waals surface area contributed by atoms with Gasteiger partial charge in [-0.1, -0.05) is 19.4 Å². The lowest BCUT2D eigenvalue weighted by Crippen LogP contribution is -2.19. The lowest BCUT2D eigenvalue weighted by Gasteiger charge is -2.14. The fourth-order valence-electron chi connectivity index (χ4n) is 3.22. The summed E-state index contributed by atoms with van der Waals surface area (Å²) in [4.78, 5) is 25.6. The van der Waals surface area contributed by atoms with Gasteiger partial charge < -0.3 is 14.8 Å². The van der Waals surface area contributed by atoms with Crippen LogP contribution in [0.4, 0.5) is 5.69 Å². The molecule has 0 bridgehead atoms. The molecule has 0 unspecified atom stereocenters. The quantitative estimate of drug-likeness (QED) is 0.548. The van der Waals surface area contributed by atoms with E-state index in [-0.39, 0.29) is 39.8 Å². The van der Waals surface area contributed by atoms with E-state index in [1.54, 1.807) is 18.2 Å². The minimum Gasteiger partial charge on any atom is -0.507 e. The number of aromatic hydroxyl groups is 1. The predicted molar refractivity (Wildman–Crippen MR) is 94.6 cm³/mol. The number of benzene rings is 2. The number of furan rings is 1. The van der Waals surface area contributed by atoms with Crippen LogP contribution in [-0.4, -0.2) is 23.2 Å². The standard InChI is InChI=1S/C20H17NO4/c1-2-3-9-21-11-7-8-12-15(10-11)25-20-17(12)19(24)16-13(18(20)23)5-4-6-14(16)22/h4-8,10,21-22H,2-3,9H2,1H3. The second kappa shape index (κ2) is 5.77. The number of carbonyl (C=O) groups excluding carboxylic acids is 2. The molecule has 2 aromatic carbocycles. The molecular formula is C20H17NO4. The van der Waals surface area contributed by atoms with E-state index >= 15 is 0 Å². The zero-order chi connectivity index (χ0) is 17.6. The normalized spacial score (nSPS) is 13.0. The Balaban J connectivity index is 1.84. The highest BCUT2D eigenvalue weighted by atomic mass is 16.3. The monoisotopic (exact) mass is 335 g/mol. The van der Waals surface area contributed by atoms with Gasteiger partial charge in [0.1, 0.15) is 11.3 Å². The van der Waals surface area contributed by atoms with Crippen LogP contribution in [0.25, 0.3) is 11.0 Å². The van der Waals surface area contributed by atoms with Crippen LogP contribution in [0, 0.1) is 0 Å². The number of anilines is 1. The van der Waals surface area contributed by atoms with E-state index in [1.807, 2.05) is 6.07 Å². The summed E-state index contributed by atoms with van der Waals surface area (Å²) in [5, 5.41) is 13.9. The summed E-state index contributed by atoms with van der Waals surface area (Å²) in [5.74, 6) is -0.900. The molecule has 4 rings (SSSR count). The summed E-state index contributed by atoms with van der Waals surface area (Å²) in [5.41, 5.74) is 1.83. The number of fused-ring (bicyclic) bond motifs is 4. The first-order chi connectivity index (χ1) is 12.1. The number of hydrogen-bond acceptors (Lipinski definition) is 5. The van der Waals surface area contributed by atoms with Gasteiger partial charge in [0.25, 0.3) is 0 Å². The Kier molecular flexibility index (Phi) is 3.57. The summed E-state index contributed by atoms with van der Waals surface area (Å²) >= 11 is 0. The molecular weight excluding hydrogens is 318 g/mol. The first kappa shape index (κ1) is 15.4. The molecule has 2 N–H and O–H groups in total. The number of phenols is 1. The van der Waals surface area contributed by atoms with Gasteiger partial charge >= 0.3 is 0 Å². The van der Waals surface area contributed by atoms with Gasteiger partial charge in [0.15, 0.2) is 5.76 Å². The zero-order valence-corrected chi connectivity index (χ0v) is 13.8. The van der Waals surface area contributed by atoms with Gasteiger partial charge in [-0.3, -0.25) is 9.59 Å². The van der Waals surface area contributed by atoms with Crippen LogP contribution < -0.4 is 5.32 Å². The fourth-order valence-corrected chi connectivity index (χ4v) is 3.22. The molecule has 1 aromatic heterocycles. The third kappa shape index (κ3) is 2.31. The molecule has 0 aliphatic heterocycles. The van der Waals surface area contributed by atoms with Crippen molar-refractivity contribution in [1.29, 1.82) is 0 Å². The fraction of sp³-hybridized carbons (Fsp3) is 0.200. The SMILES string of the molecule is CCCCNc1ccc2c3c(oc2c1)C(=O)c1cccc(O)c1C3=O. The van der Waals surface area contributed by atoms with Crippen LogP contribution in [0.1, 0.15) is 51.8 Å². The van der Waals surface area contributed by atoms with Gasteiger partial charge in [-0.05, 0) is 30.7 Å². The third-order valence-corrected chi connectivity index (χ3v) is 4.50. The van der Waals surface area contributed by atoms with Gasteiger partial charge in [-0.25, -0.2) is 0 Å². The van der Waals surface area contributed by atoms with E-state index in [0.29, 0.717) is 11.0 Å². The highest BCUT2D eigenvalue weighted by Crippen LogP contribution is 2.38. The Labute approximate surface area is 144 Å². The molecule has 0 atom stereocenters. The molecule has 1 heterocycles. The average Bonchev–Trinajstić information content (AvgIpc) is 2.99. The van der Waals surface area contributed by atoms with Crippen molar-refractivity contribution < 1.29 is 19.1 Å². The molecule has 5 nitrogen and oxygen atoms in total. The Bertz CT molecular complexity index is 1020. The van der Waals surface area contributed by atoms with Gasteiger partial charge in [-0.2, -0.15) is 0 Å². The van der Waals surface area contributed by atoms with Crippen molar-refractivity contribution in [2.24, 2.45) is 0 Å². The Morgan fingerprint density at radius 3 is 2.72 bits per heavy atom. The summed E-state index contributed by atoms with van der Waals surface area (Å²) in [6, 6.07) is 9.93. The smallest absolute Gasteiger partial charge is 0.229 e. The van der Waals surface area contributed by atoms with Crippen LogP contribution in [0.3, 0.4) is 0 Å². The van der Waals surface area contributed by atoms with Crippen LogP contribution >= 0.6 is 0 Å². The molecule has 5 heteroatoms. The Morgan fingerprint density at radius 2 is 1.92 bits per heavy atom. The number of rotatable bonds is 4. The van der Waals surface area contributed by atoms with E-state index in [4.69, 9.17) is 4.42 Å². The van der Waals surface area contributed by atoms with Crippen LogP contribution in [0.15, 0.2) is 40.8 Å². The van der Waals surface area contributed by atoms with Crippen molar-refractivity contribution in [3.05, 3.63) is 58.8 Å².